The molecule has 2 bridgehead atoms. The number of hydrogen-bond donors (Lipinski definition) is 0. The molecular formula is C12H17NO2. The molecule has 2 rings (SSSR count). The normalized spacial score (nSPS) is 35.9. The average Bonchev–Trinajstić information content (AvgIpc) is 2.17. The number of piperidine rings is 1. The van der Waals surface area contributed by atoms with Gasteiger partial charge < -0.3 is 4.74 Å². The van der Waals surface area contributed by atoms with Crippen molar-refractivity contribution >= 4 is 5.78 Å². The van der Waals surface area contributed by atoms with Crippen LogP contribution in [0.25, 0.3) is 0 Å². The van der Waals surface area contributed by atoms with E-state index in [2.05, 4.69) is 17.9 Å². The maximum Gasteiger partial charge on any atom is 0.147 e. The summed E-state index contributed by atoms with van der Waals surface area (Å²) in [7, 11) is 2.12. The fraction of sp³-hybridized carbons (Fsp3) is 0.750. The van der Waals surface area contributed by atoms with Crippen molar-refractivity contribution in [1.82, 2.24) is 4.90 Å². The van der Waals surface area contributed by atoms with Gasteiger partial charge in [0.15, 0.2) is 0 Å². The number of ketones is 1. The monoisotopic (exact) mass is 207 g/mol. The molecule has 0 aromatic heterocycles. The van der Waals surface area contributed by atoms with Gasteiger partial charge in [-0.1, -0.05) is 5.92 Å². The van der Waals surface area contributed by atoms with Gasteiger partial charge in [0, 0.05) is 18.0 Å². The minimum atomic E-state index is 0.163. The summed E-state index contributed by atoms with van der Waals surface area (Å²) in [5.41, 5.74) is 0. The van der Waals surface area contributed by atoms with Crippen molar-refractivity contribution in [2.45, 2.75) is 31.3 Å². The lowest BCUT2D eigenvalue weighted by molar-refractivity contribution is -0.130. The van der Waals surface area contributed by atoms with Gasteiger partial charge in [-0.05, 0) is 19.9 Å². The Morgan fingerprint density at radius 2 is 2.07 bits per heavy atom. The Kier molecular flexibility index (Phi) is 3.08. The molecule has 2 atom stereocenters. The molecule has 82 valence electrons. The van der Waals surface area contributed by atoms with Crippen LogP contribution in [0.3, 0.4) is 0 Å². The van der Waals surface area contributed by atoms with Crippen LogP contribution in [0.15, 0.2) is 0 Å². The third-order valence-corrected chi connectivity index (χ3v) is 3.62. The second-order valence-corrected chi connectivity index (χ2v) is 4.53. The third-order valence-electron chi connectivity index (χ3n) is 3.62. The topological polar surface area (TPSA) is 29.5 Å². The number of carbonyl (C=O) groups excluding carboxylic acids is 1. The number of nitrogens with zero attached hydrogens (tertiary/aromatic N) is 1. The van der Waals surface area contributed by atoms with Gasteiger partial charge in [-0.2, -0.15) is 0 Å². The zero-order valence-electron chi connectivity index (χ0n) is 9.11. The number of ether oxygens (including phenoxy) is 1. The fourth-order valence-electron chi connectivity index (χ4n) is 2.60. The Morgan fingerprint density at radius 1 is 1.47 bits per heavy atom. The van der Waals surface area contributed by atoms with Crippen molar-refractivity contribution in [3.05, 3.63) is 0 Å². The summed E-state index contributed by atoms with van der Waals surface area (Å²) in [6.45, 7) is 1.51. The Hall–Kier alpha value is -0.850. The van der Waals surface area contributed by atoms with E-state index in [1.54, 1.807) is 0 Å². The molecule has 15 heavy (non-hydrogen) atoms. The summed E-state index contributed by atoms with van der Waals surface area (Å²) < 4.78 is 5.50. The van der Waals surface area contributed by atoms with Crippen LogP contribution in [0.1, 0.15) is 19.3 Å². The predicted molar refractivity (Wildman–Crippen MR) is 57.3 cm³/mol. The van der Waals surface area contributed by atoms with Gasteiger partial charge >= 0.3 is 0 Å². The van der Waals surface area contributed by atoms with Gasteiger partial charge in [-0.3, -0.25) is 9.69 Å². The molecule has 2 aliphatic heterocycles. The van der Waals surface area contributed by atoms with E-state index < -0.39 is 0 Å². The van der Waals surface area contributed by atoms with Crippen LogP contribution in [-0.2, 0) is 9.53 Å². The molecule has 0 N–H and O–H groups in total. The zero-order valence-corrected chi connectivity index (χ0v) is 9.11. The minimum Gasteiger partial charge on any atom is -0.378 e. The smallest absolute Gasteiger partial charge is 0.147 e. The van der Waals surface area contributed by atoms with E-state index in [1.807, 2.05) is 0 Å². The van der Waals surface area contributed by atoms with E-state index in [-0.39, 0.29) is 18.1 Å². The predicted octanol–water partition coefficient (Wildman–Crippen LogP) is 0.688. The van der Waals surface area contributed by atoms with Crippen LogP contribution >= 0.6 is 0 Å². The summed E-state index contributed by atoms with van der Waals surface area (Å²) in [6.07, 6.45) is 7.28. The second-order valence-electron chi connectivity index (χ2n) is 4.53. The Bertz CT molecular complexity index is 280. The summed E-state index contributed by atoms with van der Waals surface area (Å²) in [4.78, 5) is 14.1. The highest BCUT2D eigenvalue weighted by molar-refractivity contribution is 5.83. The highest BCUT2D eigenvalue weighted by atomic mass is 16.5. The second kappa shape index (κ2) is 4.34. The molecule has 2 aliphatic rings. The lowest BCUT2D eigenvalue weighted by Gasteiger charge is -2.46. The highest BCUT2D eigenvalue weighted by Crippen LogP contribution is 2.31. The van der Waals surface area contributed by atoms with E-state index >= 15 is 0 Å². The maximum absolute atomic E-state index is 11.7. The number of fused-ring (bicyclic) bond motifs is 2. The molecule has 0 aliphatic carbocycles. The first-order chi connectivity index (χ1) is 7.22. The fourth-order valence-corrected chi connectivity index (χ4v) is 2.60. The lowest BCUT2D eigenvalue weighted by Crippen LogP contribution is -2.55. The molecule has 0 aromatic carbocycles. The molecule has 0 spiro atoms. The number of terminal acetylenes is 1. The van der Waals surface area contributed by atoms with Crippen molar-refractivity contribution in [2.24, 2.45) is 5.92 Å². The number of likely N-dealkylation sites (N-methyl/N-ethyl adjacent to an activating group) is 1. The molecule has 0 radical (unpaired) electrons. The lowest BCUT2D eigenvalue weighted by atomic mass is 9.82. The van der Waals surface area contributed by atoms with Crippen molar-refractivity contribution in [3.8, 4) is 12.3 Å². The molecule has 0 aromatic rings. The number of morpholine rings is 1. The first-order valence-electron chi connectivity index (χ1n) is 5.48. The van der Waals surface area contributed by atoms with Gasteiger partial charge in [0.25, 0.3) is 0 Å². The molecule has 3 heteroatoms. The van der Waals surface area contributed by atoms with Gasteiger partial charge in [-0.25, -0.2) is 0 Å². The van der Waals surface area contributed by atoms with Gasteiger partial charge in [0.2, 0.25) is 0 Å². The summed E-state index contributed by atoms with van der Waals surface area (Å²) >= 11 is 0. The molecule has 3 nitrogen and oxygen atoms in total. The average molecular weight is 207 g/mol. The standard InChI is InChI=1S/C12H17NO2/c1-3-4-12(14)9-5-10-7-15-8-11(6-9)13(10)2/h1,9-11H,4-8H2,2H3. The van der Waals surface area contributed by atoms with Crippen LogP contribution in [0, 0.1) is 18.3 Å². The van der Waals surface area contributed by atoms with E-state index in [4.69, 9.17) is 11.2 Å². The Balaban J connectivity index is 2.01. The number of hydrogen-bond acceptors (Lipinski definition) is 3. The van der Waals surface area contributed by atoms with E-state index in [0.29, 0.717) is 12.1 Å². The minimum absolute atomic E-state index is 0.163. The highest BCUT2D eigenvalue weighted by Gasteiger charge is 2.38. The SMILES string of the molecule is C#CCC(=O)C1CC2COCC(C1)N2C. The summed E-state index contributed by atoms with van der Waals surface area (Å²) in [5, 5.41) is 0. The zero-order chi connectivity index (χ0) is 10.8. The number of carbonyl (C=O) groups is 1. The molecular weight excluding hydrogens is 190 g/mol. The Labute approximate surface area is 90.8 Å². The van der Waals surface area contributed by atoms with Crippen LogP contribution in [0.2, 0.25) is 0 Å². The van der Waals surface area contributed by atoms with E-state index in [1.165, 1.54) is 0 Å². The quantitative estimate of drug-likeness (QED) is 0.624. The van der Waals surface area contributed by atoms with Crippen LogP contribution in [-0.4, -0.2) is 43.0 Å². The summed E-state index contributed by atoms with van der Waals surface area (Å²) in [6, 6.07) is 0.813. The van der Waals surface area contributed by atoms with Crippen LogP contribution in [0.5, 0.6) is 0 Å². The number of Topliss-reactive ketones (excluding diaryl/α,β-unsaturated/α-hetero) is 1. The molecule has 2 saturated heterocycles. The van der Waals surface area contributed by atoms with Crippen LogP contribution < -0.4 is 0 Å². The van der Waals surface area contributed by atoms with Crippen molar-refractivity contribution in [2.75, 3.05) is 20.3 Å². The number of rotatable bonds is 2. The first kappa shape index (κ1) is 10.7. The third kappa shape index (κ3) is 2.06. The Morgan fingerprint density at radius 3 is 2.60 bits per heavy atom. The van der Waals surface area contributed by atoms with E-state index in [0.717, 1.165) is 26.1 Å². The molecule has 2 unspecified atom stereocenters. The van der Waals surface area contributed by atoms with Crippen molar-refractivity contribution in [1.29, 1.82) is 0 Å². The first-order valence-corrected chi connectivity index (χ1v) is 5.48. The maximum atomic E-state index is 11.7. The van der Waals surface area contributed by atoms with Gasteiger partial charge in [0.1, 0.15) is 5.78 Å². The largest absolute Gasteiger partial charge is 0.378 e. The molecule has 2 heterocycles. The van der Waals surface area contributed by atoms with E-state index in [9.17, 15) is 4.79 Å². The molecule has 0 saturated carbocycles. The van der Waals surface area contributed by atoms with Crippen LogP contribution in [0.4, 0.5) is 0 Å². The summed E-state index contributed by atoms with van der Waals surface area (Å²) in [5.74, 6) is 2.85. The molecule has 0 amide bonds. The van der Waals surface area contributed by atoms with Gasteiger partial charge in [-0.15, -0.1) is 6.42 Å². The van der Waals surface area contributed by atoms with Gasteiger partial charge in [0.05, 0.1) is 19.6 Å². The van der Waals surface area contributed by atoms with Crippen molar-refractivity contribution in [3.63, 3.8) is 0 Å². The van der Waals surface area contributed by atoms with Crippen molar-refractivity contribution < 1.29 is 9.53 Å². The molecule has 2 fully saturated rings.